The highest BCUT2D eigenvalue weighted by Crippen LogP contribution is 2.42. The monoisotopic (exact) mass is 403 g/mol. The molecule has 0 radical (unpaired) electrons. The molecule has 0 spiro atoms. The number of aromatic carboxylic acids is 1. The van der Waals surface area contributed by atoms with Crippen LogP contribution in [0.5, 0.6) is 0 Å². The largest absolute Gasteiger partial charge is 0.478 e. The minimum Gasteiger partial charge on any atom is -0.478 e. The summed E-state index contributed by atoms with van der Waals surface area (Å²) in [7, 11) is 0. The number of fused-ring (bicyclic) bond motifs is 6. The molecule has 150 valence electrons. The molecule has 0 aliphatic heterocycles. The molecule has 5 aromatic rings. The summed E-state index contributed by atoms with van der Waals surface area (Å²) >= 11 is 0. The van der Waals surface area contributed by atoms with Gasteiger partial charge in [-0.05, 0) is 76.2 Å². The fourth-order valence-corrected chi connectivity index (χ4v) is 5.19. The molecule has 31 heavy (non-hydrogen) atoms. The fraction of sp³-hybridized carbons (Fsp3) is 0.143. The van der Waals surface area contributed by atoms with E-state index >= 15 is 0 Å². The number of carbonyl (C=O) groups is 1. The molecule has 3 nitrogen and oxygen atoms in total. The molecule has 1 unspecified atom stereocenters. The lowest BCUT2D eigenvalue weighted by molar-refractivity contribution is 0.0697. The molecular formula is C28H21NO2. The molecule has 0 fully saturated rings. The number of rotatable bonds is 2. The first-order valence-corrected chi connectivity index (χ1v) is 10.8. The Morgan fingerprint density at radius 2 is 1.68 bits per heavy atom. The Labute approximate surface area is 180 Å². The zero-order valence-corrected chi connectivity index (χ0v) is 17.0. The van der Waals surface area contributed by atoms with Crippen molar-refractivity contribution in [3.8, 4) is 0 Å². The molecule has 3 heteroatoms. The lowest BCUT2D eigenvalue weighted by Crippen LogP contribution is -2.13. The van der Waals surface area contributed by atoms with Crippen LogP contribution in [0, 0.1) is 0 Å². The predicted molar refractivity (Wildman–Crippen MR) is 125 cm³/mol. The van der Waals surface area contributed by atoms with Gasteiger partial charge < -0.3 is 5.11 Å². The number of pyridine rings is 1. The van der Waals surface area contributed by atoms with Crippen molar-refractivity contribution in [2.24, 2.45) is 0 Å². The Bertz CT molecular complexity index is 1500. The maximum absolute atomic E-state index is 11.3. The summed E-state index contributed by atoms with van der Waals surface area (Å²) in [5, 5.41) is 15.3. The van der Waals surface area contributed by atoms with E-state index in [1.165, 1.54) is 32.7 Å². The highest BCUT2D eigenvalue weighted by atomic mass is 16.4. The lowest BCUT2D eigenvalue weighted by atomic mass is 9.77. The van der Waals surface area contributed by atoms with Crippen LogP contribution in [0.2, 0.25) is 0 Å². The van der Waals surface area contributed by atoms with Crippen LogP contribution in [0.1, 0.15) is 45.9 Å². The first-order chi connectivity index (χ1) is 15.2. The minimum atomic E-state index is -0.911. The number of carboxylic acids is 1. The van der Waals surface area contributed by atoms with Gasteiger partial charge in [0, 0.05) is 17.0 Å². The summed E-state index contributed by atoms with van der Waals surface area (Å²) in [6.45, 7) is 0. The summed E-state index contributed by atoms with van der Waals surface area (Å²) in [5.74, 6) is -0.664. The second-order valence-electron chi connectivity index (χ2n) is 8.41. The van der Waals surface area contributed by atoms with Gasteiger partial charge in [-0.15, -0.1) is 0 Å². The number of aromatic nitrogens is 1. The number of benzene rings is 4. The molecule has 6 rings (SSSR count). The van der Waals surface area contributed by atoms with Crippen molar-refractivity contribution in [3.63, 3.8) is 0 Å². The van der Waals surface area contributed by atoms with Gasteiger partial charge in [0.25, 0.3) is 0 Å². The van der Waals surface area contributed by atoms with Gasteiger partial charge in [0.1, 0.15) is 0 Å². The molecule has 1 N–H and O–H groups in total. The summed E-state index contributed by atoms with van der Waals surface area (Å²) in [6.07, 6.45) is 3.32. The first-order valence-electron chi connectivity index (χ1n) is 10.8. The van der Waals surface area contributed by atoms with Gasteiger partial charge in [0.2, 0.25) is 0 Å². The van der Waals surface area contributed by atoms with Gasteiger partial charge in [-0.3, -0.25) is 4.98 Å². The minimum absolute atomic E-state index is 0.247. The van der Waals surface area contributed by atoms with Crippen molar-refractivity contribution in [2.45, 2.75) is 25.2 Å². The number of nitrogens with zero attached hydrogens (tertiary/aromatic N) is 1. The van der Waals surface area contributed by atoms with Gasteiger partial charge in [-0.25, -0.2) is 4.79 Å². The fourth-order valence-electron chi connectivity index (χ4n) is 5.19. The number of hydrogen-bond donors (Lipinski definition) is 1. The molecule has 1 heterocycles. The van der Waals surface area contributed by atoms with Crippen molar-refractivity contribution in [1.29, 1.82) is 0 Å². The highest BCUT2D eigenvalue weighted by molar-refractivity contribution is 6.09. The summed E-state index contributed by atoms with van der Waals surface area (Å²) < 4.78 is 0. The molecule has 1 aliphatic rings. The molecule has 0 bridgehead atoms. The summed E-state index contributed by atoms with van der Waals surface area (Å²) in [6, 6.07) is 26.9. The van der Waals surface area contributed by atoms with Crippen molar-refractivity contribution < 1.29 is 9.90 Å². The van der Waals surface area contributed by atoms with E-state index in [4.69, 9.17) is 4.98 Å². The van der Waals surface area contributed by atoms with Gasteiger partial charge in [-0.2, -0.15) is 0 Å². The third-order valence-electron chi connectivity index (χ3n) is 6.66. The number of aryl methyl sites for hydroxylation is 1. The van der Waals surface area contributed by atoms with Gasteiger partial charge >= 0.3 is 5.97 Å². The van der Waals surface area contributed by atoms with Crippen molar-refractivity contribution in [3.05, 3.63) is 101 Å². The van der Waals surface area contributed by atoms with Gasteiger partial charge in [-0.1, -0.05) is 54.6 Å². The lowest BCUT2D eigenvalue weighted by Gasteiger charge is -2.27. The Balaban J connectivity index is 1.55. The van der Waals surface area contributed by atoms with Crippen molar-refractivity contribution in [1.82, 2.24) is 4.98 Å². The van der Waals surface area contributed by atoms with Crippen molar-refractivity contribution >= 4 is 38.4 Å². The van der Waals surface area contributed by atoms with Gasteiger partial charge in [0.15, 0.2) is 0 Å². The van der Waals surface area contributed by atoms with Crippen LogP contribution in [0.25, 0.3) is 32.4 Å². The molecule has 0 amide bonds. The van der Waals surface area contributed by atoms with Gasteiger partial charge in [0.05, 0.1) is 11.1 Å². The molecule has 1 atom stereocenters. The second kappa shape index (κ2) is 6.92. The van der Waals surface area contributed by atoms with E-state index in [1.54, 1.807) is 12.1 Å². The average Bonchev–Trinajstić information content (AvgIpc) is 2.82. The Kier molecular flexibility index (Phi) is 4.03. The topological polar surface area (TPSA) is 50.2 Å². The predicted octanol–water partition coefficient (Wildman–Crippen LogP) is 6.71. The Morgan fingerprint density at radius 3 is 2.58 bits per heavy atom. The van der Waals surface area contributed by atoms with E-state index in [1.807, 2.05) is 12.1 Å². The van der Waals surface area contributed by atoms with Crippen LogP contribution >= 0.6 is 0 Å². The molecule has 0 saturated heterocycles. The zero-order valence-electron chi connectivity index (χ0n) is 17.0. The summed E-state index contributed by atoms with van der Waals surface area (Å²) in [5.41, 5.74) is 5.03. The number of carboxylic acid groups (broad SMARTS) is 1. The number of hydrogen-bond acceptors (Lipinski definition) is 2. The van der Waals surface area contributed by atoms with Crippen molar-refractivity contribution in [2.75, 3.05) is 0 Å². The van der Waals surface area contributed by atoms with Crippen LogP contribution in [-0.2, 0) is 6.42 Å². The van der Waals surface area contributed by atoms with E-state index in [2.05, 4.69) is 54.6 Å². The van der Waals surface area contributed by atoms with Crippen LogP contribution in [0.4, 0.5) is 0 Å². The van der Waals surface area contributed by atoms with Crippen LogP contribution in [0.3, 0.4) is 0 Å². The smallest absolute Gasteiger partial charge is 0.335 e. The van der Waals surface area contributed by atoms with E-state index in [-0.39, 0.29) is 5.92 Å². The molecule has 4 aromatic carbocycles. The Hall–Kier alpha value is -3.72. The zero-order chi connectivity index (χ0) is 20.9. The third kappa shape index (κ3) is 2.89. The molecule has 1 aliphatic carbocycles. The molecular weight excluding hydrogens is 382 g/mol. The first kappa shape index (κ1) is 18.1. The Morgan fingerprint density at radius 1 is 0.839 bits per heavy atom. The van der Waals surface area contributed by atoms with E-state index in [0.29, 0.717) is 5.56 Å². The van der Waals surface area contributed by atoms with E-state index in [0.717, 1.165) is 35.9 Å². The quantitative estimate of drug-likeness (QED) is 0.333. The second-order valence-corrected chi connectivity index (χ2v) is 8.41. The maximum Gasteiger partial charge on any atom is 0.335 e. The molecule has 1 aromatic heterocycles. The van der Waals surface area contributed by atoms with Crippen LogP contribution < -0.4 is 0 Å². The van der Waals surface area contributed by atoms with E-state index < -0.39 is 5.97 Å². The van der Waals surface area contributed by atoms with Crippen LogP contribution in [0.15, 0.2) is 78.9 Å². The maximum atomic E-state index is 11.3. The third-order valence-corrected chi connectivity index (χ3v) is 6.66. The molecule has 0 saturated carbocycles. The normalized spacial score (nSPS) is 15.9. The van der Waals surface area contributed by atoms with Crippen LogP contribution in [-0.4, -0.2) is 16.1 Å². The average molecular weight is 403 g/mol. The highest BCUT2D eigenvalue weighted by Gasteiger charge is 2.25. The SMILES string of the molecule is O=C(O)c1ccc2nc(C3CCCc4ccc5c(ccc6ccccc65)c43)ccc2c1. The summed E-state index contributed by atoms with van der Waals surface area (Å²) in [4.78, 5) is 16.3. The standard InChI is InChI=1S/C28H21NO2/c30-28(31)20-11-14-25-19(16-20)10-15-26(29-25)24-7-3-5-18-9-12-22-21-6-2-1-4-17(21)8-13-23(22)27(18)24/h1-2,4,6,8-16,24H,3,5,7H2,(H,30,31). The van der Waals surface area contributed by atoms with E-state index in [9.17, 15) is 9.90 Å².